The third-order valence-electron chi connectivity index (χ3n) is 11.6. The van der Waals surface area contributed by atoms with Gasteiger partial charge in [-0.2, -0.15) is 5.01 Å². The number of aryl methyl sites for hydroxylation is 1. The number of benzene rings is 4. The van der Waals surface area contributed by atoms with Crippen molar-refractivity contribution in [1.29, 1.82) is 0 Å². The summed E-state index contributed by atoms with van der Waals surface area (Å²) in [5.41, 5.74) is 4.76. The SMILES string of the molecule is COc1ccc(C23C(=O)N(Nc4ccc(Cl)cc4Cl)C(=O)C2CC2C(=CCC4C(=O)N(c5ccc(C)c(Cl)c5)C(=O)C42)C3c2cc(I)c(O)c(OC)c2)cc1. The number of nitrogens with one attached hydrogen (secondary N) is 1. The molecule has 2 aliphatic heterocycles. The summed E-state index contributed by atoms with van der Waals surface area (Å²) in [5, 5.41) is 13.0. The molecule has 2 saturated heterocycles. The molecule has 2 aliphatic carbocycles. The van der Waals surface area contributed by atoms with E-state index in [2.05, 4.69) is 5.43 Å². The van der Waals surface area contributed by atoms with Crippen molar-refractivity contribution in [1.82, 2.24) is 5.01 Å². The van der Waals surface area contributed by atoms with Gasteiger partial charge < -0.3 is 14.6 Å². The average Bonchev–Trinajstić information content (AvgIpc) is 3.55. The number of phenols is 1. The van der Waals surface area contributed by atoms with Gasteiger partial charge in [0.25, 0.3) is 11.8 Å². The standard InChI is InChI=1S/C41H33Cl3IN3O7/c1-19-4-8-23(17-29(19)43)47-37(50)26-12-11-25-27(34(26)39(47)52)18-28-38(51)48(46-32-13-7-22(42)16-30(32)44)40(53)41(28,21-5-9-24(54-2)10-6-21)35(25)20-14-31(45)36(49)33(15-20)55-3/h4-11,13-17,26-28,34-35,46,49H,12,18H2,1-3H3. The summed E-state index contributed by atoms with van der Waals surface area (Å²) in [4.78, 5) is 60.5. The molecule has 2 heterocycles. The number of ether oxygens (including phenoxy) is 2. The van der Waals surface area contributed by atoms with E-state index in [4.69, 9.17) is 44.3 Å². The van der Waals surface area contributed by atoms with Crippen LogP contribution in [-0.4, -0.2) is 48.0 Å². The van der Waals surface area contributed by atoms with Crippen LogP contribution in [0.15, 0.2) is 84.4 Å². The van der Waals surface area contributed by atoms with Crippen LogP contribution in [0.3, 0.4) is 0 Å². The van der Waals surface area contributed by atoms with E-state index in [1.54, 1.807) is 66.7 Å². The molecule has 282 valence electrons. The molecule has 0 bridgehead atoms. The van der Waals surface area contributed by atoms with Crippen molar-refractivity contribution >= 4 is 92.4 Å². The Hall–Kier alpha value is -4.30. The largest absolute Gasteiger partial charge is 0.504 e. The van der Waals surface area contributed by atoms with Gasteiger partial charge in [-0.1, -0.05) is 64.7 Å². The highest BCUT2D eigenvalue weighted by Gasteiger charge is 2.70. The third-order valence-corrected chi connectivity index (χ3v) is 13.4. The first kappa shape index (κ1) is 37.6. The zero-order chi connectivity index (χ0) is 39.1. The van der Waals surface area contributed by atoms with Gasteiger partial charge in [-0.3, -0.25) is 24.6 Å². The summed E-state index contributed by atoms with van der Waals surface area (Å²) >= 11 is 21.2. The Morgan fingerprint density at radius 1 is 0.855 bits per heavy atom. The molecule has 4 amide bonds. The number of methoxy groups -OCH3 is 2. The Balaban J connectivity index is 1.35. The molecule has 55 heavy (non-hydrogen) atoms. The van der Waals surface area contributed by atoms with Gasteiger partial charge in [0.1, 0.15) is 5.75 Å². The van der Waals surface area contributed by atoms with Crippen molar-refractivity contribution in [2.24, 2.45) is 23.7 Å². The molecule has 14 heteroatoms. The van der Waals surface area contributed by atoms with Gasteiger partial charge in [-0.25, -0.2) is 4.90 Å². The van der Waals surface area contributed by atoms with Crippen molar-refractivity contribution in [2.75, 3.05) is 24.5 Å². The number of anilines is 2. The van der Waals surface area contributed by atoms with Crippen LogP contribution >= 0.6 is 57.4 Å². The second kappa shape index (κ2) is 14.0. The quantitative estimate of drug-likeness (QED) is 0.108. The van der Waals surface area contributed by atoms with Gasteiger partial charge in [0.05, 0.1) is 57.4 Å². The number of fused-ring (bicyclic) bond motifs is 4. The van der Waals surface area contributed by atoms with Gasteiger partial charge in [0.15, 0.2) is 11.5 Å². The Morgan fingerprint density at radius 3 is 2.27 bits per heavy atom. The Bertz CT molecular complexity index is 2350. The van der Waals surface area contributed by atoms with E-state index in [0.29, 0.717) is 36.2 Å². The number of carbonyl (C=O) groups excluding carboxylic acids is 4. The van der Waals surface area contributed by atoms with Crippen LogP contribution in [0.1, 0.15) is 35.4 Å². The minimum Gasteiger partial charge on any atom is -0.504 e. The molecule has 1 saturated carbocycles. The van der Waals surface area contributed by atoms with E-state index in [-0.39, 0.29) is 41.0 Å². The summed E-state index contributed by atoms with van der Waals surface area (Å²) in [6, 6.07) is 20.3. The number of phenolic OH excluding ortho intramolecular Hbond substituents is 1. The second-order valence-corrected chi connectivity index (χ2v) is 16.6. The van der Waals surface area contributed by atoms with Crippen molar-refractivity contribution in [3.8, 4) is 17.2 Å². The van der Waals surface area contributed by atoms with E-state index in [1.807, 2.05) is 35.6 Å². The van der Waals surface area contributed by atoms with E-state index in [1.165, 1.54) is 25.2 Å². The number of hydrazine groups is 1. The number of imide groups is 2. The molecule has 4 aromatic rings. The lowest BCUT2D eigenvalue weighted by molar-refractivity contribution is -0.138. The fourth-order valence-corrected chi connectivity index (χ4v) is 10.4. The van der Waals surface area contributed by atoms with Gasteiger partial charge >= 0.3 is 0 Å². The van der Waals surface area contributed by atoms with Crippen LogP contribution in [0.25, 0.3) is 0 Å². The maximum atomic E-state index is 15.5. The highest BCUT2D eigenvalue weighted by atomic mass is 127. The van der Waals surface area contributed by atoms with Crippen molar-refractivity contribution in [2.45, 2.75) is 31.1 Å². The minimum absolute atomic E-state index is 0.0783. The Kier molecular flexibility index (Phi) is 9.59. The van der Waals surface area contributed by atoms with E-state index >= 15 is 9.59 Å². The highest BCUT2D eigenvalue weighted by molar-refractivity contribution is 14.1. The molecule has 0 radical (unpaired) electrons. The smallest absolute Gasteiger partial charge is 0.260 e. The number of carbonyl (C=O) groups is 4. The molecule has 4 aliphatic rings. The predicted molar refractivity (Wildman–Crippen MR) is 217 cm³/mol. The molecular weight excluding hydrogens is 880 g/mol. The van der Waals surface area contributed by atoms with Crippen molar-refractivity contribution in [3.63, 3.8) is 0 Å². The van der Waals surface area contributed by atoms with Crippen LogP contribution in [0.2, 0.25) is 15.1 Å². The molecule has 0 aromatic heterocycles. The molecule has 10 nitrogen and oxygen atoms in total. The predicted octanol–water partition coefficient (Wildman–Crippen LogP) is 8.47. The number of hydrogen-bond donors (Lipinski definition) is 2. The van der Waals surface area contributed by atoms with Crippen molar-refractivity contribution in [3.05, 3.63) is 120 Å². The van der Waals surface area contributed by atoms with Crippen LogP contribution in [0, 0.1) is 34.2 Å². The fourth-order valence-electron chi connectivity index (χ4n) is 9.11. The number of amides is 4. The van der Waals surface area contributed by atoms with Gasteiger partial charge in [-0.15, -0.1) is 0 Å². The average molecular weight is 913 g/mol. The molecule has 0 spiro atoms. The van der Waals surface area contributed by atoms with E-state index < -0.39 is 52.7 Å². The first-order valence-corrected chi connectivity index (χ1v) is 19.7. The molecule has 3 fully saturated rings. The monoisotopic (exact) mass is 911 g/mol. The molecule has 4 aromatic carbocycles. The number of allylic oxidation sites excluding steroid dienone is 2. The topological polar surface area (TPSA) is 125 Å². The van der Waals surface area contributed by atoms with E-state index in [9.17, 15) is 14.7 Å². The summed E-state index contributed by atoms with van der Waals surface area (Å²) in [6.45, 7) is 1.84. The summed E-state index contributed by atoms with van der Waals surface area (Å²) < 4.78 is 11.6. The molecule has 2 N–H and O–H groups in total. The van der Waals surface area contributed by atoms with Crippen LogP contribution in [0.4, 0.5) is 11.4 Å². The second-order valence-electron chi connectivity index (χ2n) is 14.2. The number of hydrogen-bond acceptors (Lipinski definition) is 8. The molecule has 6 atom stereocenters. The number of rotatable bonds is 7. The maximum Gasteiger partial charge on any atom is 0.260 e. The zero-order valence-corrected chi connectivity index (χ0v) is 34.0. The summed E-state index contributed by atoms with van der Waals surface area (Å²) in [7, 11) is 2.98. The lowest BCUT2D eigenvalue weighted by Gasteiger charge is -2.50. The molecule has 8 rings (SSSR count). The maximum absolute atomic E-state index is 15.5. The highest BCUT2D eigenvalue weighted by Crippen LogP contribution is 2.65. The first-order chi connectivity index (χ1) is 26.3. The Labute approximate surface area is 345 Å². The third kappa shape index (κ3) is 5.71. The van der Waals surface area contributed by atoms with Gasteiger partial charge in [0, 0.05) is 16.0 Å². The first-order valence-electron chi connectivity index (χ1n) is 17.5. The normalized spacial score (nSPS) is 25.7. The van der Waals surface area contributed by atoms with E-state index in [0.717, 1.165) is 16.1 Å². The lowest BCUT2D eigenvalue weighted by atomic mass is 9.49. The Morgan fingerprint density at radius 2 is 1.60 bits per heavy atom. The molecular formula is C41H33Cl3IN3O7. The van der Waals surface area contributed by atoms with Crippen LogP contribution in [0.5, 0.6) is 17.2 Å². The van der Waals surface area contributed by atoms with Gasteiger partial charge in [0.2, 0.25) is 11.8 Å². The number of halogens is 4. The van der Waals surface area contributed by atoms with Crippen molar-refractivity contribution < 1.29 is 33.8 Å². The van der Waals surface area contributed by atoms with Crippen LogP contribution < -0.4 is 19.8 Å². The fraction of sp³-hybridized carbons (Fsp3) is 0.268. The van der Waals surface area contributed by atoms with Crippen LogP contribution in [-0.2, 0) is 24.6 Å². The van der Waals surface area contributed by atoms with Gasteiger partial charge in [-0.05, 0) is 120 Å². The number of aromatic hydroxyl groups is 1. The molecule has 6 unspecified atom stereocenters. The lowest BCUT2D eigenvalue weighted by Crippen LogP contribution is -2.53. The summed E-state index contributed by atoms with van der Waals surface area (Å²) in [5.74, 6) is -5.18. The zero-order valence-electron chi connectivity index (χ0n) is 29.6. The number of nitrogens with zero attached hydrogens (tertiary/aromatic N) is 2. The minimum atomic E-state index is -1.58. The summed E-state index contributed by atoms with van der Waals surface area (Å²) in [6.07, 6.45) is 2.28.